The Morgan fingerprint density at radius 2 is 2.20 bits per heavy atom. The number of aromatic nitrogens is 2. The maximum Gasteiger partial charge on any atom is 0.237 e. The van der Waals surface area contributed by atoms with Gasteiger partial charge in [-0.25, -0.2) is 0 Å². The van der Waals surface area contributed by atoms with E-state index in [0.29, 0.717) is 11.8 Å². The average molecular weight is 289 g/mol. The molecule has 4 nitrogen and oxygen atoms in total. The minimum atomic E-state index is -0.0171. The minimum absolute atomic E-state index is 0.0171. The maximum absolute atomic E-state index is 5.94. The molecule has 0 saturated carbocycles. The van der Waals surface area contributed by atoms with Crippen molar-refractivity contribution in [2.45, 2.75) is 25.3 Å². The Hall–Kier alpha value is -1.33. The van der Waals surface area contributed by atoms with Crippen LogP contribution in [0.5, 0.6) is 0 Å². The molecule has 1 aliphatic rings. The highest BCUT2D eigenvalue weighted by molar-refractivity contribution is 7.99. The smallest absolute Gasteiger partial charge is 0.237 e. The van der Waals surface area contributed by atoms with Crippen LogP contribution in [0.1, 0.15) is 42.6 Å². The lowest BCUT2D eigenvalue weighted by atomic mass is 10.1. The van der Waals surface area contributed by atoms with E-state index in [1.165, 1.54) is 5.75 Å². The molecule has 1 aliphatic heterocycles. The Morgan fingerprint density at radius 3 is 2.90 bits per heavy atom. The monoisotopic (exact) mass is 289 g/mol. The molecule has 2 atom stereocenters. The molecule has 0 amide bonds. The first-order valence-corrected chi connectivity index (χ1v) is 8.23. The third-order valence-corrected chi connectivity index (χ3v) is 4.69. The molecule has 0 aliphatic carbocycles. The lowest BCUT2D eigenvalue weighted by Crippen LogP contribution is -2.22. The Morgan fingerprint density at radius 1 is 1.35 bits per heavy atom. The molecule has 1 fully saturated rings. The van der Waals surface area contributed by atoms with Crippen molar-refractivity contribution in [1.82, 2.24) is 15.5 Å². The van der Waals surface area contributed by atoms with Gasteiger partial charge in [-0.3, -0.25) is 0 Å². The van der Waals surface area contributed by atoms with Gasteiger partial charge >= 0.3 is 0 Å². The molecule has 3 rings (SSSR count). The van der Waals surface area contributed by atoms with E-state index in [-0.39, 0.29) is 6.04 Å². The number of benzene rings is 1. The summed E-state index contributed by atoms with van der Waals surface area (Å²) in [6.45, 7) is 2.94. The summed E-state index contributed by atoms with van der Waals surface area (Å²) in [5.41, 5.74) is 1.16. The van der Waals surface area contributed by atoms with E-state index in [9.17, 15) is 0 Å². The van der Waals surface area contributed by atoms with Crippen molar-refractivity contribution in [2.75, 3.05) is 18.1 Å². The zero-order valence-electron chi connectivity index (χ0n) is 11.6. The molecule has 20 heavy (non-hydrogen) atoms. The van der Waals surface area contributed by atoms with Gasteiger partial charge in [0.25, 0.3) is 0 Å². The minimum Gasteiger partial charge on any atom is -0.423 e. The van der Waals surface area contributed by atoms with Crippen LogP contribution in [-0.4, -0.2) is 28.2 Å². The van der Waals surface area contributed by atoms with E-state index in [2.05, 4.69) is 34.6 Å². The Bertz CT molecular complexity index is 537. The molecular weight excluding hydrogens is 270 g/mol. The number of nitrogens with one attached hydrogen (secondary N) is 1. The van der Waals surface area contributed by atoms with Gasteiger partial charge in [0.15, 0.2) is 0 Å². The normalized spacial score (nSPS) is 20.1. The number of hydrogen-bond donors (Lipinski definition) is 1. The van der Waals surface area contributed by atoms with Crippen LogP contribution in [0.4, 0.5) is 0 Å². The molecule has 0 spiro atoms. The summed E-state index contributed by atoms with van der Waals surface area (Å²) in [4.78, 5) is 0. The van der Waals surface area contributed by atoms with E-state index in [0.717, 1.165) is 30.2 Å². The molecule has 1 saturated heterocycles. The number of hydrogen-bond acceptors (Lipinski definition) is 5. The van der Waals surface area contributed by atoms with Crippen LogP contribution in [0.25, 0.3) is 0 Å². The molecule has 0 bridgehead atoms. The summed E-state index contributed by atoms with van der Waals surface area (Å²) in [5.74, 6) is 4.18. The van der Waals surface area contributed by atoms with Crippen LogP contribution in [0.2, 0.25) is 0 Å². The molecular formula is C15H19N3OS. The number of thioether (sulfide) groups is 1. The third-order valence-electron chi connectivity index (χ3n) is 3.52. The predicted molar refractivity (Wildman–Crippen MR) is 80.9 cm³/mol. The third kappa shape index (κ3) is 2.88. The lowest BCUT2D eigenvalue weighted by molar-refractivity contribution is 0.393. The molecule has 2 aromatic rings. The summed E-state index contributed by atoms with van der Waals surface area (Å²) in [6, 6.07) is 10.2. The first kappa shape index (κ1) is 13.6. The Labute approximate surface area is 123 Å². The van der Waals surface area contributed by atoms with Crippen molar-refractivity contribution < 1.29 is 4.42 Å². The predicted octanol–water partition coefficient (Wildman–Crippen LogP) is 2.99. The summed E-state index contributed by atoms with van der Waals surface area (Å²) in [7, 11) is 0. The quantitative estimate of drug-likeness (QED) is 0.917. The maximum atomic E-state index is 5.94. The molecule has 5 heteroatoms. The van der Waals surface area contributed by atoms with Crippen molar-refractivity contribution >= 4 is 11.8 Å². The van der Waals surface area contributed by atoms with Gasteiger partial charge in [0.2, 0.25) is 11.8 Å². The molecule has 2 unspecified atom stereocenters. The van der Waals surface area contributed by atoms with Crippen molar-refractivity contribution in [3.8, 4) is 0 Å². The van der Waals surface area contributed by atoms with E-state index < -0.39 is 0 Å². The van der Waals surface area contributed by atoms with Crippen LogP contribution in [0, 0.1) is 0 Å². The Kier molecular flexibility index (Phi) is 4.38. The summed E-state index contributed by atoms with van der Waals surface area (Å²) in [5, 5.41) is 11.9. The number of nitrogens with zero attached hydrogens (tertiary/aromatic N) is 2. The second-order valence-electron chi connectivity index (χ2n) is 4.94. The van der Waals surface area contributed by atoms with E-state index in [4.69, 9.17) is 4.42 Å². The van der Waals surface area contributed by atoms with Gasteiger partial charge in [0.05, 0.1) is 0 Å². The van der Waals surface area contributed by atoms with Gasteiger partial charge in [-0.2, -0.15) is 11.8 Å². The molecule has 2 heterocycles. The molecule has 1 N–H and O–H groups in total. The average Bonchev–Trinajstić information content (AvgIpc) is 3.16. The largest absolute Gasteiger partial charge is 0.423 e. The van der Waals surface area contributed by atoms with E-state index in [1.54, 1.807) is 0 Å². The highest BCUT2D eigenvalue weighted by Crippen LogP contribution is 2.32. The van der Waals surface area contributed by atoms with Crippen molar-refractivity contribution in [1.29, 1.82) is 0 Å². The van der Waals surface area contributed by atoms with Gasteiger partial charge in [0, 0.05) is 11.7 Å². The van der Waals surface area contributed by atoms with Gasteiger partial charge in [-0.1, -0.05) is 37.3 Å². The highest BCUT2D eigenvalue weighted by Gasteiger charge is 2.26. The van der Waals surface area contributed by atoms with Crippen LogP contribution >= 0.6 is 11.8 Å². The van der Waals surface area contributed by atoms with Crippen LogP contribution in [-0.2, 0) is 0 Å². The number of rotatable bonds is 5. The van der Waals surface area contributed by atoms with E-state index in [1.807, 2.05) is 30.0 Å². The molecule has 0 radical (unpaired) electrons. The fraction of sp³-hybridized carbons (Fsp3) is 0.467. The zero-order chi connectivity index (χ0) is 13.8. The molecule has 1 aromatic carbocycles. The summed E-state index contributed by atoms with van der Waals surface area (Å²) < 4.78 is 5.94. The van der Waals surface area contributed by atoms with Crippen molar-refractivity contribution in [2.24, 2.45) is 0 Å². The standard InChI is InChI=1S/C15H19N3OS/c1-2-16-13(11-6-4-3-5-7-11)15-18-17-14(19-15)12-8-9-20-10-12/h3-7,12-13,16H,2,8-10H2,1H3. The van der Waals surface area contributed by atoms with Crippen LogP contribution in [0.3, 0.4) is 0 Å². The van der Waals surface area contributed by atoms with Crippen molar-refractivity contribution in [3.05, 3.63) is 47.7 Å². The Balaban J connectivity index is 1.84. The fourth-order valence-corrected chi connectivity index (χ4v) is 3.67. The van der Waals surface area contributed by atoms with E-state index >= 15 is 0 Å². The summed E-state index contributed by atoms with van der Waals surface area (Å²) >= 11 is 1.96. The second-order valence-corrected chi connectivity index (χ2v) is 6.09. The van der Waals surface area contributed by atoms with Crippen LogP contribution in [0.15, 0.2) is 34.7 Å². The van der Waals surface area contributed by atoms with Gasteiger partial charge < -0.3 is 9.73 Å². The first-order valence-electron chi connectivity index (χ1n) is 7.08. The van der Waals surface area contributed by atoms with Gasteiger partial charge in [0.1, 0.15) is 6.04 Å². The second kappa shape index (κ2) is 6.41. The fourth-order valence-electron chi connectivity index (χ4n) is 2.45. The van der Waals surface area contributed by atoms with Crippen molar-refractivity contribution in [3.63, 3.8) is 0 Å². The van der Waals surface area contributed by atoms with Gasteiger partial charge in [-0.15, -0.1) is 10.2 Å². The molecule has 106 valence electrons. The van der Waals surface area contributed by atoms with Gasteiger partial charge in [-0.05, 0) is 24.3 Å². The summed E-state index contributed by atoms with van der Waals surface area (Å²) in [6.07, 6.45) is 1.14. The SMILES string of the molecule is CCNC(c1ccccc1)c1nnc(C2CCSC2)o1. The highest BCUT2D eigenvalue weighted by atomic mass is 32.2. The molecule has 1 aromatic heterocycles. The lowest BCUT2D eigenvalue weighted by Gasteiger charge is -2.14. The zero-order valence-corrected chi connectivity index (χ0v) is 12.4. The first-order chi connectivity index (χ1) is 9.88. The van der Waals surface area contributed by atoms with Crippen LogP contribution < -0.4 is 5.32 Å². The topological polar surface area (TPSA) is 51.0 Å².